The van der Waals surface area contributed by atoms with Gasteiger partial charge in [0.25, 0.3) is 0 Å². The molecule has 1 aromatic carbocycles. The third kappa shape index (κ3) is 4.46. The number of halogens is 1. The second-order valence-electron chi connectivity index (χ2n) is 5.23. The number of hydrogen-bond donors (Lipinski definition) is 2. The fourth-order valence-corrected chi connectivity index (χ4v) is 2.89. The summed E-state index contributed by atoms with van der Waals surface area (Å²) < 4.78 is 12.8. The lowest BCUT2D eigenvalue weighted by molar-refractivity contribution is 0.306. The van der Waals surface area contributed by atoms with E-state index in [4.69, 9.17) is 12.2 Å². The summed E-state index contributed by atoms with van der Waals surface area (Å²) in [5.74, 6) is 0.652. The van der Waals surface area contributed by atoms with Gasteiger partial charge in [-0.05, 0) is 68.1 Å². The van der Waals surface area contributed by atoms with E-state index in [1.54, 1.807) is 12.1 Å². The van der Waals surface area contributed by atoms with E-state index in [0.717, 1.165) is 11.6 Å². The van der Waals surface area contributed by atoms with Crippen molar-refractivity contribution in [1.29, 1.82) is 0 Å². The molecule has 0 aromatic heterocycles. The summed E-state index contributed by atoms with van der Waals surface area (Å²) in [4.78, 5) is 0. The van der Waals surface area contributed by atoms with Gasteiger partial charge in [0.15, 0.2) is 5.11 Å². The van der Waals surface area contributed by atoms with Gasteiger partial charge in [-0.1, -0.05) is 13.3 Å². The third-order valence-corrected chi connectivity index (χ3v) is 4.08. The average Bonchev–Trinajstić information content (AvgIpc) is 2.42. The Labute approximate surface area is 119 Å². The van der Waals surface area contributed by atoms with Crippen LogP contribution in [0.25, 0.3) is 0 Å². The van der Waals surface area contributed by atoms with Gasteiger partial charge in [0.1, 0.15) is 5.82 Å². The number of nitrogens with one attached hydrogen (secondary N) is 2. The van der Waals surface area contributed by atoms with E-state index in [1.165, 1.54) is 44.2 Å². The zero-order valence-corrected chi connectivity index (χ0v) is 12.1. The predicted octanol–water partition coefficient (Wildman–Crippen LogP) is 4.08. The Morgan fingerprint density at radius 1 is 1.21 bits per heavy atom. The van der Waals surface area contributed by atoms with Crippen molar-refractivity contribution in [3.63, 3.8) is 0 Å². The maximum Gasteiger partial charge on any atom is 0.170 e. The molecule has 1 aromatic rings. The molecule has 1 saturated carbocycles. The Bertz CT molecular complexity index is 411. The predicted molar refractivity (Wildman–Crippen MR) is 81.8 cm³/mol. The molecule has 2 rings (SSSR count). The summed E-state index contributed by atoms with van der Waals surface area (Å²) in [6.45, 7) is 2.26. The van der Waals surface area contributed by atoms with Crippen LogP contribution < -0.4 is 10.6 Å². The minimum Gasteiger partial charge on any atom is -0.360 e. The van der Waals surface area contributed by atoms with Crippen LogP contribution in [0.15, 0.2) is 24.3 Å². The minimum atomic E-state index is -0.234. The number of thiocarbonyl (C=S) groups is 1. The SMILES string of the molecule is CCC1CCC(NC(=S)Nc2ccc(F)cc2)CC1. The molecule has 0 saturated heterocycles. The molecule has 19 heavy (non-hydrogen) atoms. The molecule has 0 heterocycles. The lowest BCUT2D eigenvalue weighted by Gasteiger charge is -2.29. The first-order valence-electron chi connectivity index (χ1n) is 7.00. The summed E-state index contributed by atoms with van der Waals surface area (Å²) in [5.41, 5.74) is 0.821. The minimum absolute atomic E-state index is 0.234. The molecule has 0 atom stereocenters. The molecule has 104 valence electrons. The van der Waals surface area contributed by atoms with Crippen LogP contribution in [0.4, 0.5) is 10.1 Å². The lowest BCUT2D eigenvalue weighted by atomic mass is 9.85. The van der Waals surface area contributed by atoms with Crippen molar-refractivity contribution in [2.45, 2.75) is 45.1 Å². The first-order chi connectivity index (χ1) is 9.17. The summed E-state index contributed by atoms with van der Waals surface area (Å²) in [6, 6.07) is 6.71. The van der Waals surface area contributed by atoms with Gasteiger partial charge in [-0.2, -0.15) is 0 Å². The molecule has 0 unspecified atom stereocenters. The van der Waals surface area contributed by atoms with Gasteiger partial charge in [0, 0.05) is 11.7 Å². The molecule has 0 spiro atoms. The van der Waals surface area contributed by atoms with Crippen LogP contribution >= 0.6 is 12.2 Å². The van der Waals surface area contributed by atoms with Crippen molar-refractivity contribution < 1.29 is 4.39 Å². The molecule has 0 radical (unpaired) electrons. The molecule has 0 aliphatic heterocycles. The highest BCUT2D eigenvalue weighted by Gasteiger charge is 2.20. The van der Waals surface area contributed by atoms with E-state index in [2.05, 4.69) is 17.6 Å². The number of anilines is 1. The van der Waals surface area contributed by atoms with E-state index in [0.29, 0.717) is 11.2 Å². The highest BCUT2D eigenvalue weighted by atomic mass is 32.1. The molecule has 2 nitrogen and oxygen atoms in total. The summed E-state index contributed by atoms with van der Waals surface area (Å²) in [7, 11) is 0. The van der Waals surface area contributed by atoms with Crippen molar-refractivity contribution in [2.24, 2.45) is 5.92 Å². The van der Waals surface area contributed by atoms with Crippen molar-refractivity contribution in [3.05, 3.63) is 30.1 Å². The van der Waals surface area contributed by atoms with Gasteiger partial charge in [0.2, 0.25) is 0 Å². The van der Waals surface area contributed by atoms with Crippen molar-refractivity contribution in [1.82, 2.24) is 5.32 Å². The zero-order chi connectivity index (χ0) is 13.7. The first kappa shape index (κ1) is 14.3. The monoisotopic (exact) mass is 280 g/mol. The maximum absolute atomic E-state index is 12.8. The van der Waals surface area contributed by atoms with Crippen molar-refractivity contribution in [2.75, 3.05) is 5.32 Å². The second-order valence-corrected chi connectivity index (χ2v) is 5.64. The smallest absolute Gasteiger partial charge is 0.170 e. The molecule has 0 bridgehead atoms. The Balaban J connectivity index is 1.77. The van der Waals surface area contributed by atoms with E-state index >= 15 is 0 Å². The van der Waals surface area contributed by atoms with E-state index in [9.17, 15) is 4.39 Å². The van der Waals surface area contributed by atoms with Crippen LogP contribution in [0.5, 0.6) is 0 Å². The molecule has 2 N–H and O–H groups in total. The summed E-state index contributed by atoms with van der Waals surface area (Å²) in [6.07, 6.45) is 6.22. The van der Waals surface area contributed by atoms with Crippen LogP contribution in [0, 0.1) is 11.7 Å². The van der Waals surface area contributed by atoms with Crippen molar-refractivity contribution >= 4 is 23.0 Å². The molecular formula is C15H21FN2S. The fraction of sp³-hybridized carbons (Fsp3) is 0.533. The quantitative estimate of drug-likeness (QED) is 0.816. The molecule has 1 fully saturated rings. The Morgan fingerprint density at radius 2 is 1.84 bits per heavy atom. The summed E-state index contributed by atoms with van der Waals surface area (Å²) >= 11 is 5.29. The topological polar surface area (TPSA) is 24.1 Å². The molecule has 4 heteroatoms. The van der Waals surface area contributed by atoms with Crippen LogP contribution in [-0.2, 0) is 0 Å². The summed E-state index contributed by atoms with van der Waals surface area (Å²) in [5, 5.41) is 7.08. The van der Waals surface area contributed by atoms with Gasteiger partial charge in [-0.25, -0.2) is 4.39 Å². The van der Waals surface area contributed by atoms with Crippen LogP contribution in [0.2, 0.25) is 0 Å². The Kier molecular flexibility index (Phi) is 5.14. The second kappa shape index (κ2) is 6.85. The number of rotatable bonds is 3. The molecular weight excluding hydrogens is 259 g/mol. The third-order valence-electron chi connectivity index (χ3n) is 3.86. The van der Waals surface area contributed by atoms with Gasteiger partial charge in [-0.15, -0.1) is 0 Å². The maximum atomic E-state index is 12.8. The highest BCUT2D eigenvalue weighted by Crippen LogP contribution is 2.26. The van der Waals surface area contributed by atoms with Gasteiger partial charge in [-0.3, -0.25) is 0 Å². The van der Waals surface area contributed by atoms with Crippen LogP contribution in [0.1, 0.15) is 39.0 Å². The van der Waals surface area contributed by atoms with E-state index in [-0.39, 0.29) is 5.82 Å². The average molecular weight is 280 g/mol. The van der Waals surface area contributed by atoms with Crippen LogP contribution in [0.3, 0.4) is 0 Å². The highest BCUT2D eigenvalue weighted by molar-refractivity contribution is 7.80. The lowest BCUT2D eigenvalue weighted by Crippen LogP contribution is -2.39. The van der Waals surface area contributed by atoms with Crippen molar-refractivity contribution in [3.8, 4) is 0 Å². The first-order valence-corrected chi connectivity index (χ1v) is 7.41. The Morgan fingerprint density at radius 3 is 2.42 bits per heavy atom. The van der Waals surface area contributed by atoms with E-state index in [1.807, 2.05) is 0 Å². The molecule has 1 aliphatic carbocycles. The normalized spacial score (nSPS) is 22.8. The van der Waals surface area contributed by atoms with Gasteiger partial charge >= 0.3 is 0 Å². The Hall–Kier alpha value is -1.16. The zero-order valence-electron chi connectivity index (χ0n) is 11.3. The number of benzene rings is 1. The largest absolute Gasteiger partial charge is 0.360 e. The van der Waals surface area contributed by atoms with E-state index < -0.39 is 0 Å². The molecule has 1 aliphatic rings. The van der Waals surface area contributed by atoms with Gasteiger partial charge < -0.3 is 10.6 Å². The standard InChI is InChI=1S/C15H21FN2S/c1-2-11-3-7-13(8-4-11)17-15(19)18-14-9-5-12(16)6-10-14/h5-6,9-11,13H,2-4,7-8H2,1H3,(H2,17,18,19). The fourth-order valence-electron chi connectivity index (χ4n) is 2.60. The van der Waals surface area contributed by atoms with Gasteiger partial charge in [0.05, 0.1) is 0 Å². The molecule has 0 amide bonds. The van der Waals surface area contributed by atoms with Crippen LogP contribution in [-0.4, -0.2) is 11.2 Å². The number of hydrogen-bond acceptors (Lipinski definition) is 1.